The number of Topliss-reactive ketones (excluding diaryl/α,β-unsaturated/α-hetero) is 1. The predicted octanol–water partition coefficient (Wildman–Crippen LogP) is 1.43. The summed E-state index contributed by atoms with van der Waals surface area (Å²) in [5.74, 6) is 0.000556. The van der Waals surface area contributed by atoms with Gasteiger partial charge in [-0.3, -0.25) is 9.20 Å². The highest BCUT2D eigenvalue weighted by atomic mass is 16.1. The van der Waals surface area contributed by atoms with Crippen molar-refractivity contribution < 1.29 is 4.79 Å². The van der Waals surface area contributed by atoms with E-state index in [9.17, 15) is 4.79 Å². The highest BCUT2D eigenvalue weighted by molar-refractivity contribution is 5.95. The molecule has 14 heavy (non-hydrogen) atoms. The van der Waals surface area contributed by atoms with Crippen molar-refractivity contribution >= 4 is 17.1 Å². The Kier molecular flexibility index (Phi) is 1.77. The van der Waals surface area contributed by atoms with Crippen molar-refractivity contribution in [2.75, 3.05) is 5.73 Å². The van der Waals surface area contributed by atoms with E-state index in [1.54, 1.807) is 22.7 Å². The summed E-state index contributed by atoms with van der Waals surface area (Å²) in [6.07, 6.45) is 1.79. The van der Waals surface area contributed by atoms with E-state index in [2.05, 4.69) is 4.98 Å². The maximum absolute atomic E-state index is 11.4. The van der Waals surface area contributed by atoms with Crippen LogP contribution in [0.3, 0.4) is 0 Å². The zero-order chi connectivity index (χ0) is 10.3. The van der Waals surface area contributed by atoms with Gasteiger partial charge < -0.3 is 5.73 Å². The van der Waals surface area contributed by atoms with Crippen molar-refractivity contribution in [1.82, 2.24) is 9.38 Å². The molecule has 0 bridgehead atoms. The van der Waals surface area contributed by atoms with Crippen LogP contribution in [-0.2, 0) is 0 Å². The van der Waals surface area contributed by atoms with Crippen LogP contribution in [0.25, 0.3) is 5.65 Å². The SMILES string of the molecule is CC(=O)c1c(C)nc2c(N)cccn12. The second kappa shape index (κ2) is 2.83. The number of anilines is 1. The molecule has 0 saturated carbocycles. The van der Waals surface area contributed by atoms with Gasteiger partial charge in [-0.25, -0.2) is 4.98 Å². The maximum Gasteiger partial charge on any atom is 0.178 e. The second-order valence-electron chi connectivity index (χ2n) is 3.26. The number of fused-ring (bicyclic) bond motifs is 1. The first-order valence-corrected chi connectivity index (χ1v) is 4.35. The number of nitrogens with zero attached hydrogens (tertiary/aromatic N) is 2. The number of pyridine rings is 1. The van der Waals surface area contributed by atoms with Gasteiger partial charge in [0.2, 0.25) is 0 Å². The molecule has 0 aliphatic carbocycles. The number of aryl methyl sites for hydroxylation is 1. The van der Waals surface area contributed by atoms with E-state index in [1.807, 2.05) is 6.92 Å². The molecule has 0 aliphatic rings. The van der Waals surface area contributed by atoms with Gasteiger partial charge in [0.25, 0.3) is 0 Å². The lowest BCUT2D eigenvalue weighted by Crippen LogP contribution is -2.01. The van der Waals surface area contributed by atoms with E-state index in [-0.39, 0.29) is 5.78 Å². The molecule has 0 spiro atoms. The number of hydrogen-bond acceptors (Lipinski definition) is 3. The summed E-state index contributed by atoms with van der Waals surface area (Å²) in [4.78, 5) is 15.6. The average molecular weight is 189 g/mol. The molecule has 0 radical (unpaired) electrons. The molecule has 4 nitrogen and oxygen atoms in total. The van der Waals surface area contributed by atoms with Crippen LogP contribution in [0.15, 0.2) is 18.3 Å². The van der Waals surface area contributed by atoms with Crippen LogP contribution in [0.5, 0.6) is 0 Å². The number of nitrogens with two attached hydrogens (primary N) is 1. The third-order valence-corrected chi connectivity index (χ3v) is 2.19. The van der Waals surface area contributed by atoms with E-state index in [4.69, 9.17) is 5.73 Å². The highest BCUT2D eigenvalue weighted by Gasteiger charge is 2.13. The van der Waals surface area contributed by atoms with Crippen LogP contribution < -0.4 is 5.73 Å². The van der Waals surface area contributed by atoms with Gasteiger partial charge in [0.1, 0.15) is 5.69 Å². The zero-order valence-electron chi connectivity index (χ0n) is 8.11. The van der Waals surface area contributed by atoms with Crippen LogP contribution in [0.2, 0.25) is 0 Å². The molecule has 0 atom stereocenters. The lowest BCUT2D eigenvalue weighted by molar-refractivity contribution is 0.101. The fraction of sp³-hybridized carbons (Fsp3) is 0.200. The molecule has 0 saturated heterocycles. The standard InChI is InChI=1S/C10H11N3O/c1-6-9(7(2)14)13-5-3-4-8(11)10(13)12-6/h3-5H,11H2,1-2H3. The van der Waals surface area contributed by atoms with Crippen LogP contribution >= 0.6 is 0 Å². The van der Waals surface area contributed by atoms with Gasteiger partial charge in [-0.2, -0.15) is 0 Å². The molecule has 2 heterocycles. The number of imidazole rings is 1. The Morgan fingerprint density at radius 2 is 2.29 bits per heavy atom. The van der Waals surface area contributed by atoms with Gasteiger partial charge in [-0.1, -0.05) is 0 Å². The van der Waals surface area contributed by atoms with E-state index >= 15 is 0 Å². The first-order chi connectivity index (χ1) is 6.61. The summed E-state index contributed by atoms with van der Waals surface area (Å²) < 4.78 is 1.73. The smallest absolute Gasteiger partial charge is 0.178 e. The summed E-state index contributed by atoms with van der Waals surface area (Å²) in [6, 6.07) is 3.57. The quantitative estimate of drug-likeness (QED) is 0.690. The second-order valence-corrected chi connectivity index (χ2v) is 3.26. The molecule has 2 rings (SSSR count). The summed E-state index contributed by atoms with van der Waals surface area (Å²) in [5, 5.41) is 0. The Morgan fingerprint density at radius 3 is 2.93 bits per heavy atom. The van der Waals surface area contributed by atoms with Crippen molar-refractivity contribution in [1.29, 1.82) is 0 Å². The van der Waals surface area contributed by atoms with Gasteiger partial charge in [-0.15, -0.1) is 0 Å². The lowest BCUT2D eigenvalue weighted by Gasteiger charge is -1.99. The first kappa shape index (κ1) is 8.74. The molecule has 0 aromatic carbocycles. The molecule has 2 N–H and O–H groups in total. The van der Waals surface area contributed by atoms with E-state index < -0.39 is 0 Å². The Labute approximate surface area is 81.4 Å². The summed E-state index contributed by atoms with van der Waals surface area (Å²) in [5.41, 5.74) is 8.30. The Balaban J connectivity index is 2.90. The maximum atomic E-state index is 11.4. The molecule has 2 aromatic heterocycles. The summed E-state index contributed by atoms with van der Waals surface area (Å²) in [7, 11) is 0. The Morgan fingerprint density at radius 1 is 1.57 bits per heavy atom. The van der Waals surface area contributed by atoms with Crippen molar-refractivity contribution in [3.8, 4) is 0 Å². The van der Waals surface area contributed by atoms with Crippen LogP contribution in [-0.4, -0.2) is 15.2 Å². The number of nitrogen functional groups attached to an aromatic ring is 1. The summed E-state index contributed by atoms with van der Waals surface area (Å²) in [6.45, 7) is 3.34. The third kappa shape index (κ3) is 1.08. The third-order valence-electron chi connectivity index (χ3n) is 2.19. The summed E-state index contributed by atoms with van der Waals surface area (Å²) >= 11 is 0. The predicted molar refractivity (Wildman–Crippen MR) is 54.3 cm³/mol. The average Bonchev–Trinajstić information content (AvgIpc) is 2.42. The molecular weight excluding hydrogens is 178 g/mol. The van der Waals surface area contributed by atoms with Crippen molar-refractivity contribution in [2.45, 2.75) is 13.8 Å². The van der Waals surface area contributed by atoms with Gasteiger partial charge in [0.15, 0.2) is 11.4 Å². The topological polar surface area (TPSA) is 60.4 Å². The number of carbonyl (C=O) groups excluding carboxylic acids is 1. The largest absolute Gasteiger partial charge is 0.396 e. The number of rotatable bonds is 1. The molecule has 4 heteroatoms. The van der Waals surface area contributed by atoms with Crippen LogP contribution in [0.1, 0.15) is 23.1 Å². The minimum absolute atomic E-state index is 0.000556. The number of aromatic nitrogens is 2. The first-order valence-electron chi connectivity index (χ1n) is 4.35. The minimum atomic E-state index is 0.000556. The molecule has 0 unspecified atom stereocenters. The molecule has 0 amide bonds. The fourth-order valence-electron chi connectivity index (χ4n) is 1.63. The molecule has 72 valence electrons. The molecular formula is C10H11N3O. The van der Waals surface area contributed by atoms with Crippen molar-refractivity contribution in [3.05, 3.63) is 29.7 Å². The minimum Gasteiger partial charge on any atom is -0.396 e. The highest BCUT2D eigenvalue weighted by Crippen LogP contribution is 2.17. The van der Waals surface area contributed by atoms with Gasteiger partial charge in [-0.05, 0) is 19.1 Å². The Bertz CT molecular complexity index is 513. The van der Waals surface area contributed by atoms with Gasteiger partial charge >= 0.3 is 0 Å². The number of hydrogen-bond donors (Lipinski definition) is 1. The van der Waals surface area contributed by atoms with E-state index in [0.29, 0.717) is 17.0 Å². The molecule has 2 aromatic rings. The van der Waals surface area contributed by atoms with E-state index in [1.165, 1.54) is 6.92 Å². The zero-order valence-corrected chi connectivity index (χ0v) is 8.11. The van der Waals surface area contributed by atoms with E-state index in [0.717, 1.165) is 5.69 Å². The fourth-order valence-corrected chi connectivity index (χ4v) is 1.63. The Hall–Kier alpha value is -1.84. The normalized spacial score (nSPS) is 10.7. The van der Waals surface area contributed by atoms with Gasteiger partial charge in [0.05, 0.1) is 11.4 Å². The van der Waals surface area contributed by atoms with Crippen molar-refractivity contribution in [3.63, 3.8) is 0 Å². The van der Waals surface area contributed by atoms with Crippen LogP contribution in [0.4, 0.5) is 5.69 Å². The number of carbonyl (C=O) groups is 1. The monoisotopic (exact) mass is 189 g/mol. The molecule has 0 fully saturated rings. The lowest BCUT2D eigenvalue weighted by atomic mass is 10.2. The van der Waals surface area contributed by atoms with Crippen LogP contribution in [0, 0.1) is 6.92 Å². The van der Waals surface area contributed by atoms with Gasteiger partial charge in [0, 0.05) is 13.1 Å². The van der Waals surface area contributed by atoms with Crippen molar-refractivity contribution in [2.24, 2.45) is 0 Å². The molecule has 0 aliphatic heterocycles. The number of ketones is 1.